The van der Waals surface area contributed by atoms with E-state index in [1.165, 1.54) is 24.7 Å². The van der Waals surface area contributed by atoms with Crippen LogP contribution in [-0.4, -0.2) is 27.8 Å². The summed E-state index contributed by atoms with van der Waals surface area (Å²) in [6, 6.07) is 8.01. The molecule has 0 bridgehead atoms. The molecule has 1 N–H and O–H groups in total. The largest absolute Gasteiger partial charge is 0.317 e. The summed E-state index contributed by atoms with van der Waals surface area (Å²) in [7, 11) is -2.94. The number of benzene rings is 1. The Morgan fingerprint density at radius 3 is 2.56 bits per heavy atom. The van der Waals surface area contributed by atoms with Crippen LogP contribution < -0.4 is 5.32 Å². The van der Waals surface area contributed by atoms with Gasteiger partial charge in [-0.05, 0) is 49.4 Å². The first-order valence-electron chi connectivity index (χ1n) is 6.49. The normalized spacial score (nSPS) is 17.8. The standard InChI is InChI=1S/C14H21NO2S/c1-18(16,17)11-14-4-2-3-13(10-14)9-12-5-7-15-8-6-12/h2-4,10,12,15H,5-9,11H2,1H3. The van der Waals surface area contributed by atoms with Gasteiger partial charge in [-0.25, -0.2) is 8.42 Å². The van der Waals surface area contributed by atoms with Crippen molar-refractivity contribution in [2.45, 2.75) is 25.0 Å². The Kier molecular flexibility index (Phi) is 4.40. The van der Waals surface area contributed by atoms with E-state index >= 15 is 0 Å². The first-order valence-corrected chi connectivity index (χ1v) is 8.55. The molecule has 0 atom stereocenters. The van der Waals surface area contributed by atoms with Gasteiger partial charge in [0.2, 0.25) is 0 Å². The van der Waals surface area contributed by atoms with Gasteiger partial charge in [-0.15, -0.1) is 0 Å². The molecule has 2 rings (SSSR count). The van der Waals surface area contributed by atoms with E-state index in [2.05, 4.69) is 11.4 Å². The molecular weight excluding hydrogens is 246 g/mol. The van der Waals surface area contributed by atoms with E-state index in [1.807, 2.05) is 18.2 Å². The Balaban J connectivity index is 2.02. The molecule has 3 nitrogen and oxygen atoms in total. The maximum Gasteiger partial charge on any atom is 0.151 e. The van der Waals surface area contributed by atoms with Crippen molar-refractivity contribution in [1.82, 2.24) is 5.32 Å². The first kappa shape index (κ1) is 13.6. The quantitative estimate of drug-likeness (QED) is 0.904. The zero-order valence-electron chi connectivity index (χ0n) is 10.9. The van der Waals surface area contributed by atoms with Crippen molar-refractivity contribution >= 4 is 9.84 Å². The van der Waals surface area contributed by atoms with Crippen molar-refractivity contribution in [3.05, 3.63) is 35.4 Å². The monoisotopic (exact) mass is 267 g/mol. The predicted octanol–water partition coefficient (Wildman–Crippen LogP) is 1.77. The van der Waals surface area contributed by atoms with E-state index in [0.717, 1.165) is 31.0 Å². The fourth-order valence-corrected chi connectivity index (χ4v) is 3.35. The van der Waals surface area contributed by atoms with Crippen LogP contribution in [0.3, 0.4) is 0 Å². The van der Waals surface area contributed by atoms with Crippen LogP contribution in [0.5, 0.6) is 0 Å². The van der Waals surface area contributed by atoms with E-state index in [1.54, 1.807) is 0 Å². The highest BCUT2D eigenvalue weighted by molar-refractivity contribution is 7.89. The minimum absolute atomic E-state index is 0.146. The van der Waals surface area contributed by atoms with Crippen LogP contribution >= 0.6 is 0 Å². The molecule has 0 aromatic heterocycles. The zero-order chi connectivity index (χ0) is 13.0. The minimum atomic E-state index is -2.94. The lowest BCUT2D eigenvalue weighted by molar-refractivity contribution is 0.372. The second-order valence-electron chi connectivity index (χ2n) is 5.29. The molecule has 0 radical (unpaired) electrons. The van der Waals surface area contributed by atoms with Crippen LogP contribution in [0.4, 0.5) is 0 Å². The third-order valence-electron chi connectivity index (χ3n) is 3.40. The molecule has 1 heterocycles. The lowest BCUT2D eigenvalue weighted by atomic mass is 9.90. The molecule has 1 aromatic carbocycles. The Bertz CT molecular complexity index is 490. The lowest BCUT2D eigenvalue weighted by Gasteiger charge is -2.22. The fraction of sp³-hybridized carbons (Fsp3) is 0.571. The van der Waals surface area contributed by atoms with Crippen LogP contribution in [0.1, 0.15) is 24.0 Å². The van der Waals surface area contributed by atoms with Gasteiger partial charge in [-0.2, -0.15) is 0 Å². The van der Waals surface area contributed by atoms with E-state index in [4.69, 9.17) is 0 Å². The number of sulfone groups is 1. The number of hydrogen-bond acceptors (Lipinski definition) is 3. The van der Waals surface area contributed by atoms with Crippen LogP contribution in [0.15, 0.2) is 24.3 Å². The van der Waals surface area contributed by atoms with Crippen LogP contribution in [0, 0.1) is 5.92 Å². The summed E-state index contributed by atoms with van der Waals surface area (Å²) in [6.07, 6.45) is 4.79. The molecular formula is C14H21NO2S. The average molecular weight is 267 g/mol. The van der Waals surface area contributed by atoms with Crippen LogP contribution in [0.2, 0.25) is 0 Å². The van der Waals surface area contributed by atoms with Gasteiger partial charge < -0.3 is 5.32 Å². The summed E-state index contributed by atoms with van der Waals surface area (Å²) < 4.78 is 22.6. The highest BCUT2D eigenvalue weighted by Gasteiger charge is 2.14. The van der Waals surface area contributed by atoms with E-state index in [-0.39, 0.29) is 5.75 Å². The van der Waals surface area contributed by atoms with E-state index in [0.29, 0.717) is 0 Å². The number of piperidine rings is 1. The highest BCUT2D eigenvalue weighted by Crippen LogP contribution is 2.19. The van der Waals surface area contributed by atoms with Gasteiger partial charge in [-0.1, -0.05) is 24.3 Å². The summed E-state index contributed by atoms with van der Waals surface area (Å²) >= 11 is 0. The van der Waals surface area contributed by atoms with Crippen molar-refractivity contribution in [3.63, 3.8) is 0 Å². The van der Waals surface area contributed by atoms with E-state index in [9.17, 15) is 8.42 Å². The molecule has 0 amide bonds. The Labute approximate surface area is 110 Å². The first-order chi connectivity index (χ1) is 8.53. The van der Waals surface area contributed by atoms with Gasteiger partial charge in [0.1, 0.15) is 0 Å². The molecule has 100 valence electrons. The van der Waals surface area contributed by atoms with Gasteiger partial charge in [0.05, 0.1) is 5.75 Å². The third-order valence-corrected chi connectivity index (χ3v) is 4.26. The van der Waals surface area contributed by atoms with Gasteiger partial charge in [0.15, 0.2) is 9.84 Å². The molecule has 18 heavy (non-hydrogen) atoms. The molecule has 0 spiro atoms. The van der Waals surface area contributed by atoms with Crippen molar-refractivity contribution in [2.24, 2.45) is 5.92 Å². The topological polar surface area (TPSA) is 46.2 Å². The molecule has 1 aliphatic heterocycles. The number of hydrogen-bond donors (Lipinski definition) is 1. The van der Waals surface area contributed by atoms with Crippen molar-refractivity contribution in [1.29, 1.82) is 0 Å². The minimum Gasteiger partial charge on any atom is -0.317 e. The number of nitrogens with one attached hydrogen (secondary N) is 1. The van der Waals surface area contributed by atoms with Gasteiger partial charge >= 0.3 is 0 Å². The summed E-state index contributed by atoms with van der Waals surface area (Å²) in [5, 5.41) is 3.36. The van der Waals surface area contributed by atoms with Crippen molar-refractivity contribution < 1.29 is 8.42 Å². The zero-order valence-corrected chi connectivity index (χ0v) is 11.7. The molecule has 0 unspecified atom stereocenters. The highest BCUT2D eigenvalue weighted by atomic mass is 32.2. The third kappa shape index (κ3) is 4.42. The molecule has 1 aromatic rings. The number of rotatable bonds is 4. The molecule has 1 saturated heterocycles. The van der Waals surface area contributed by atoms with Crippen molar-refractivity contribution in [3.8, 4) is 0 Å². The van der Waals surface area contributed by atoms with E-state index < -0.39 is 9.84 Å². The SMILES string of the molecule is CS(=O)(=O)Cc1cccc(CC2CCNCC2)c1. The Morgan fingerprint density at radius 2 is 1.89 bits per heavy atom. The Hall–Kier alpha value is -0.870. The van der Waals surface area contributed by atoms with Crippen LogP contribution in [0.25, 0.3) is 0 Å². The summed E-state index contributed by atoms with van der Waals surface area (Å²) in [4.78, 5) is 0. The molecule has 1 fully saturated rings. The smallest absolute Gasteiger partial charge is 0.151 e. The summed E-state index contributed by atoms with van der Waals surface area (Å²) in [5.74, 6) is 0.882. The maximum absolute atomic E-state index is 11.3. The average Bonchev–Trinajstić information content (AvgIpc) is 2.28. The van der Waals surface area contributed by atoms with Gasteiger partial charge in [0.25, 0.3) is 0 Å². The second kappa shape index (κ2) is 5.85. The second-order valence-corrected chi connectivity index (χ2v) is 7.43. The molecule has 1 aliphatic rings. The van der Waals surface area contributed by atoms with Crippen LogP contribution in [-0.2, 0) is 22.0 Å². The van der Waals surface area contributed by atoms with Gasteiger partial charge in [0, 0.05) is 6.26 Å². The summed E-state index contributed by atoms with van der Waals surface area (Å²) in [6.45, 7) is 2.21. The van der Waals surface area contributed by atoms with Crippen molar-refractivity contribution in [2.75, 3.05) is 19.3 Å². The maximum atomic E-state index is 11.3. The van der Waals surface area contributed by atoms with Gasteiger partial charge in [-0.3, -0.25) is 0 Å². The molecule has 4 heteroatoms. The fourth-order valence-electron chi connectivity index (χ4n) is 2.57. The molecule has 0 saturated carbocycles. The predicted molar refractivity (Wildman–Crippen MR) is 74.3 cm³/mol. The summed E-state index contributed by atoms with van der Waals surface area (Å²) in [5.41, 5.74) is 2.17. The molecule has 0 aliphatic carbocycles. The lowest BCUT2D eigenvalue weighted by Crippen LogP contribution is -2.28. The Morgan fingerprint density at radius 1 is 1.22 bits per heavy atom.